The van der Waals surface area contributed by atoms with Gasteiger partial charge in [0.25, 0.3) is 0 Å². The molecule has 4 aliphatic rings. The van der Waals surface area contributed by atoms with Crippen LogP contribution in [0.25, 0.3) is 39.0 Å². The molecule has 4 aliphatic heterocycles. The number of ether oxygens (including phenoxy) is 2. The van der Waals surface area contributed by atoms with Gasteiger partial charge >= 0.3 is 6.01 Å². The highest BCUT2D eigenvalue weighted by Crippen LogP contribution is 2.43. The molecule has 1 amide bonds. The van der Waals surface area contributed by atoms with Gasteiger partial charge in [0.2, 0.25) is 11.9 Å². The molecule has 14 nitrogen and oxygen atoms in total. The van der Waals surface area contributed by atoms with Gasteiger partial charge in [-0.3, -0.25) is 4.79 Å². The molecule has 57 heavy (non-hydrogen) atoms. The van der Waals surface area contributed by atoms with E-state index in [1.54, 1.807) is 30.4 Å². The number of carbonyl (C=O) groups is 1. The van der Waals surface area contributed by atoms with Crippen molar-refractivity contribution in [1.29, 1.82) is 0 Å². The highest BCUT2D eigenvalue weighted by molar-refractivity contribution is 5.94. The van der Waals surface area contributed by atoms with E-state index >= 15 is 8.78 Å². The Balaban J connectivity index is 1.11. The number of imidazole rings is 1. The molecule has 10 rings (SSSR count). The van der Waals surface area contributed by atoms with Gasteiger partial charge in [-0.25, -0.2) is 27.8 Å². The highest BCUT2D eigenvalue weighted by atomic mass is 19.1. The van der Waals surface area contributed by atoms with Crippen LogP contribution in [0.4, 0.5) is 24.9 Å². The smallest absolute Gasteiger partial charge is 0.317 e. The number of benzene rings is 2. The van der Waals surface area contributed by atoms with Crippen LogP contribution in [0.1, 0.15) is 44.9 Å². The third-order valence-corrected chi connectivity index (χ3v) is 11.8. The predicted molar refractivity (Wildman–Crippen MR) is 204 cm³/mol. The Hall–Kier alpha value is -5.84. The van der Waals surface area contributed by atoms with Gasteiger partial charge in [-0.05, 0) is 63.8 Å². The summed E-state index contributed by atoms with van der Waals surface area (Å²) < 4.78 is 60.6. The van der Waals surface area contributed by atoms with Crippen LogP contribution in [0.3, 0.4) is 0 Å². The third-order valence-electron chi connectivity index (χ3n) is 11.8. The second kappa shape index (κ2) is 13.7. The minimum absolute atomic E-state index is 0.0353. The molecular formula is C40H40F3N11O3. The summed E-state index contributed by atoms with van der Waals surface area (Å²) in [5, 5.41) is 5.04. The van der Waals surface area contributed by atoms with Crippen LogP contribution in [-0.4, -0.2) is 107 Å². The van der Waals surface area contributed by atoms with E-state index in [4.69, 9.17) is 24.4 Å². The number of piperidine rings is 1. The molecule has 6 aromatic rings. The average molecular weight is 780 g/mol. The van der Waals surface area contributed by atoms with Crippen LogP contribution in [-0.2, 0) is 16.1 Å². The summed E-state index contributed by atoms with van der Waals surface area (Å²) in [7, 11) is 1.75. The average Bonchev–Trinajstić information content (AvgIpc) is 3.89. The molecule has 0 saturated carbocycles. The maximum atomic E-state index is 15.3. The zero-order valence-electron chi connectivity index (χ0n) is 31.6. The van der Waals surface area contributed by atoms with E-state index in [1.165, 1.54) is 28.9 Å². The van der Waals surface area contributed by atoms with E-state index in [0.29, 0.717) is 64.1 Å². The van der Waals surface area contributed by atoms with Crippen LogP contribution in [0.5, 0.6) is 6.01 Å². The minimum atomic E-state index is -0.789. The zero-order valence-corrected chi connectivity index (χ0v) is 31.6. The fourth-order valence-corrected chi connectivity index (χ4v) is 9.25. The van der Waals surface area contributed by atoms with Crippen LogP contribution < -0.4 is 14.5 Å². The number of likely N-dealkylation sites (N-methyl/N-ethyl adjacent to an activating group) is 1. The molecule has 8 heterocycles. The maximum absolute atomic E-state index is 15.3. The Morgan fingerprint density at radius 1 is 0.947 bits per heavy atom. The van der Waals surface area contributed by atoms with Gasteiger partial charge in [0.1, 0.15) is 41.1 Å². The largest absolute Gasteiger partial charge is 0.458 e. The van der Waals surface area contributed by atoms with Crippen LogP contribution in [0, 0.1) is 24.4 Å². The first kappa shape index (κ1) is 35.6. The number of halogens is 3. The van der Waals surface area contributed by atoms with Gasteiger partial charge < -0.3 is 28.7 Å². The monoisotopic (exact) mass is 779 g/mol. The number of aromatic nitrogens is 8. The van der Waals surface area contributed by atoms with Crippen molar-refractivity contribution in [3.63, 3.8) is 0 Å². The molecule has 294 valence electrons. The molecule has 5 atom stereocenters. The van der Waals surface area contributed by atoms with Crippen LogP contribution in [0.15, 0.2) is 48.8 Å². The second-order valence-corrected chi connectivity index (χ2v) is 15.4. The lowest BCUT2D eigenvalue weighted by Gasteiger charge is -2.53. The number of carbonyl (C=O) groups excluding carboxylic acids is 1. The first-order valence-corrected chi connectivity index (χ1v) is 19.4. The van der Waals surface area contributed by atoms with Crippen molar-refractivity contribution in [3.8, 4) is 23.0 Å². The van der Waals surface area contributed by atoms with Crippen molar-refractivity contribution in [2.24, 2.45) is 0 Å². The van der Waals surface area contributed by atoms with Gasteiger partial charge in [0.05, 0.1) is 47.5 Å². The van der Waals surface area contributed by atoms with Gasteiger partial charge in [0.15, 0.2) is 11.5 Å². The SMILES string of the molecule is CCOC1CN(C)C(=O)C2CC(CN2c2nc(N3C4CCCC3C4)nc3c2cnn3-c2ccc(F)cc2F)Oc2nccc(n2)-c2cc(F)cc3nc(C)n(c23)C1. The highest BCUT2D eigenvalue weighted by Gasteiger charge is 2.45. The lowest BCUT2D eigenvalue weighted by atomic mass is 9.80. The Morgan fingerprint density at radius 2 is 1.79 bits per heavy atom. The molecule has 0 aliphatic carbocycles. The Bertz CT molecular complexity index is 2550. The summed E-state index contributed by atoms with van der Waals surface area (Å²) >= 11 is 0. The number of fused-ring (bicyclic) bond motifs is 8. The van der Waals surface area contributed by atoms with Crippen LogP contribution in [0.2, 0.25) is 0 Å². The van der Waals surface area contributed by atoms with Crippen molar-refractivity contribution < 1.29 is 27.4 Å². The topological polar surface area (TPSA) is 132 Å². The minimum Gasteiger partial charge on any atom is -0.458 e. The first-order valence-electron chi connectivity index (χ1n) is 19.4. The molecule has 17 heteroatoms. The number of nitrogens with zero attached hydrogens (tertiary/aromatic N) is 11. The Labute approximate surface area is 325 Å². The summed E-state index contributed by atoms with van der Waals surface area (Å²) in [6.07, 6.45) is 6.54. The summed E-state index contributed by atoms with van der Waals surface area (Å²) in [5.41, 5.74) is 2.52. The molecule has 4 aromatic heterocycles. The summed E-state index contributed by atoms with van der Waals surface area (Å²) in [6.45, 7) is 4.97. The lowest BCUT2D eigenvalue weighted by Crippen LogP contribution is -2.59. The number of hydrogen-bond acceptors (Lipinski definition) is 11. The normalized spacial score (nSPS) is 23.4. The standard InChI is InChI=1S/C40H40F3N11O3/c1-4-56-27-18-50(3)38(55)34-16-26(57-40-44-11-10-31(47-40)28-12-23(42)14-32-35(28)51(20-27)21(2)46-32)19-52(34)36-29-17-45-54(33-9-8-22(41)13-30(33)43)37(29)49-39(48-36)53-24-6-5-7-25(53)15-24/h8-14,17,24-27,34H,4-7,15-16,18-20H2,1-3H3. The Kier molecular flexibility index (Phi) is 8.53. The van der Waals surface area contributed by atoms with Crippen molar-refractivity contribution in [3.05, 3.63) is 72.1 Å². The first-order chi connectivity index (χ1) is 27.6. The van der Waals surface area contributed by atoms with Crippen molar-refractivity contribution in [2.45, 2.75) is 82.8 Å². The van der Waals surface area contributed by atoms with E-state index in [9.17, 15) is 9.18 Å². The quantitative estimate of drug-likeness (QED) is 0.224. The fraction of sp³-hybridized carbons (Fsp3) is 0.425. The predicted octanol–water partition coefficient (Wildman–Crippen LogP) is 5.38. The van der Waals surface area contributed by atoms with Gasteiger partial charge in [-0.1, -0.05) is 0 Å². The van der Waals surface area contributed by atoms with Crippen molar-refractivity contribution >= 4 is 39.7 Å². The molecule has 0 N–H and O–H groups in total. The number of aryl methyl sites for hydroxylation is 1. The number of anilines is 2. The molecular weight excluding hydrogens is 740 g/mol. The van der Waals surface area contributed by atoms with E-state index in [2.05, 4.69) is 20.0 Å². The Morgan fingerprint density at radius 3 is 2.58 bits per heavy atom. The van der Waals surface area contributed by atoms with E-state index in [0.717, 1.165) is 31.7 Å². The summed E-state index contributed by atoms with van der Waals surface area (Å²) in [4.78, 5) is 44.6. The van der Waals surface area contributed by atoms with Crippen molar-refractivity contribution in [2.75, 3.05) is 36.5 Å². The van der Waals surface area contributed by atoms with Gasteiger partial charge in [-0.15, -0.1) is 0 Å². The lowest BCUT2D eigenvalue weighted by molar-refractivity contribution is -0.133. The number of rotatable bonds is 5. The molecule has 3 saturated heterocycles. The van der Waals surface area contributed by atoms with E-state index in [-0.39, 0.29) is 49.2 Å². The summed E-state index contributed by atoms with van der Waals surface area (Å²) in [5.74, 6) is -0.558. The number of hydrogen-bond donors (Lipinski definition) is 0. The maximum Gasteiger partial charge on any atom is 0.317 e. The fourth-order valence-electron chi connectivity index (χ4n) is 9.25. The molecule has 2 aromatic carbocycles. The molecule has 5 unspecified atom stereocenters. The molecule has 0 spiro atoms. The van der Waals surface area contributed by atoms with Gasteiger partial charge in [0, 0.05) is 62.6 Å². The van der Waals surface area contributed by atoms with Gasteiger partial charge in [-0.2, -0.15) is 20.1 Å². The molecule has 0 radical (unpaired) electrons. The van der Waals surface area contributed by atoms with Crippen molar-refractivity contribution in [1.82, 2.24) is 44.2 Å². The van der Waals surface area contributed by atoms with E-state index < -0.39 is 35.7 Å². The summed E-state index contributed by atoms with van der Waals surface area (Å²) in [6, 6.07) is 7.72. The van der Waals surface area contributed by atoms with E-state index in [1.807, 2.05) is 23.3 Å². The second-order valence-electron chi connectivity index (χ2n) is 15.4. The number of amides is 1. The third kappa shape index (κ3) is 6.01. The molecule has 3 fully saturated rings. The zero-order chi connectivity index (χ0) is 39.1. The van der Waals surface area contributed by atoms with Crippen LogP contribution >= 0.6 is 0 Å². The molecule has 6 bridgehead atoms.